The zero-order valence-electron chi connectivity index (χ0n) is 15.9. The zero-order valence-corrected chi connectivity index (χ0v) is 17.5. The Morgan fingerprint density at radius 2 is 1.87 bits per heavy atom. The molecule has 3 saturated carbocycles. The van der Waals surface area contributed by atoms with Crippen LogP contribution in [-0.2, 0) is 9.59 Å². The number of ether oxygens (including phenoxy) is 1. The van der Waals surface area contributed by atoms with Gasteiger partial charge in [0, 0.05) is 29.3 Å². The summed E-state index contributed by atoms with van der Waals surface area (Å²) < 4.78 is 30.8. The van der Waals surface area contributed by atoms with Crippen LogP contribution >= 0.6 is 23.2 Å². The van der Waals surface area contributed by atoms with Crippen LogP contribution in [0, 0.1) is 0 Å². The van der Waals surface area contributed by atoms with Crippen molar-refractivity contribution in [3.63, 3.8) is 0 Å². The van der Waals surface area contributed by atoms with Gasteiger partial charge >= 0.3 is 0 Å². The minimum absolute atomic E-state index is 0.130. The summed E-state index contributed by atoms with van der Waals surface area (Å²) in [4.78, 5) is 24.6. The number of hydrogen-bond acceptors (Lipinski definition) is 4. The highest BCUT2D eigenvalue weighted by atomic mass is 35.5. The molecular formula is C20H21Cl2F2N3O3. The van der Waals surface area contributed by atoms with E-state index in [0.29, 0.717) is 40.6 Å². The van der Waals surface area contributed by atoms with Crippen molar-refractivity contribution < 1.29 is 23.1 Å². The smallest absolute Gasteiger partial charge is 0.258 e. The van der Waals surface area contributed by atoms with Crippen LogP contribution < -0.4 is 20.7 Å². The molecule has 2 bridgehead atoms. The molecule has 3 N–H and O–H groups in total. The van der Waals surface area contributed by atoms with Gasteiger partial charge in [-0.05, 0) is 37.8 Å². The maximum Gasteiger partial charge on any atom is 0.258 e. The molecular weight excluding hydrogens is 439 g/mol. The molecule has 0 radical (unpaired) electrons. The van der Waals surface area contributed by atoms with Gasteiger partial charge in [-0.25, -0.2) is 8.78 Å². The van der Waals surface area contributed by atoms with E-state index in [1.54, 1.807) is 24.3 Å². The first-order valence-corrected chi connectivity index (χ1v) is 10.4. The van der Waals surface area contributed by atoms with Gasteiger partial charge in [-0.15, -0.1) is 0 Å². The second-order valence-corrected chi connectivity index (χ2v) is 9.06. The van der Waals surface area contributed by atoms with Crippen LogP contribution in [0.3, 0.4) is 0 Å². The summed E-state index contributed by atoms with van der Waals surface area (Å²) in [5, 5.41) is 9.40. The maximum atomic E-state index is 12.7. The van der Waals surface area contributed by atoms with Crippen molar-refractivity contribution in [2.24, 2.45) is 0 Å². The van der Waals surface area contributed by atoms with Gasteiger partial charge in [-0.3, -0.25) is 9.59 Å². The zero-order chi connectivity index (χ0) is 21.5. The highest BCUT2D eigenvalue weighted by Gasteiger charge is 2.69. The number of amides is 2. The van der Waals surface area contributed by atoms with Crippen molar-refractivity contribution in [1.82, 2.24) is 16.0 Å². The van der Waals surface area contributed by atoms with Crippen molar-refractivity contribution in [1.29, 1.82) is 0 Å². The van der Waals surface area contributed by atoms with Crippen molar-refractivity contribution >= 4 is 35.0 Å². The van der Waals surface area contributed by atoms with Gasteiger partial charge < -0.3 is 20.7 Å². The molecule has 0 spiro atoms. The predicted molar refractivity (Wildman–Crippen MR) is 108 cm³/mol. The standard InChI is InChI=1S/C20H21Cl2F2N3O3/c21-13-3-2-12(5-14(13)22)30-7-16(28)26-19-8-20(9-19,10-19)27-18(29)11-1-4-15(17(23)24)25-6-11/h1-3,5,15,17,25H,4,6-10H2,(H,26,28)(H,27,29). The largest absolute Gasteiger partial charge is 0.484 e. The van der Waals surface area contributed by atoms with Crippen LogP contribution in [0.25, 0.3) is 0 Å². The van der Waals surface area contributed by atoms with E-state index < -0.39 is 12.5 Å². The van der Waals surface area contributed by atoms with E-state index in [0.717, 1.165) is 0 Å². The molecule has 162 valence electrons. The average Bonchev–Trinajstić information content (AvgIpc) is 2.66. The van der Waals surface area contributed by atoms with Gasteiger partial charge in [0.1, 0.15) is 5.75 Å². The molecule has 1 aromatic carbocycles. The van der Waals surface area contributed by atoms with Crippen LogP contribution in [0.15, 0.2) is 29.8 Å². The van der Waals surface area contributed by atoms with Crippen molar-refractivity contribution in [2.45, 2.75) is 49.2 Å². The van der Waals surface area contributed by atoms with E-state index in [-0.39, 0.29) is 42.5 Å². The number of halogens is 4. The number of rotatable bonds is 7. The van der Waals surface area contributed by atoms with Crippen molar-refractivity contribution in [3.05, 3.63) is 39.9 Å². The third kappa shape index (κ3) is 4.26. The van der Waals surface area contributed by atoms with Crippen LogP contribution in [0.5, 0.6) is 5.75 Å². The third-order valence-corrected chi connectivity index (χ3v) is 6.58. The van der Waals surface area contributed by atoms with Gasteiger partial charge in [0.25, 0.3) is 12.3 Å². The number of carbonyl (C=O) groups is 2. The molecule has 1 aromatic rings. The lowest BCUT2D eigenvalue weighted by atomic mass is 9.44. The van der Waals surface area contributed by atoms with Gasteiger partial charge in [0.15, 0.2) is 6.61 Å². The molecule has 1 unspecified atom stereocenters. The molecule has 1 heterocycles. The van der Waals surface area contributed by atoms with Gasteiger partial charge in [0.2, 0.25) is 5.91 Å². The van der Waals surface area contributed by atoms with E-state index in [1.807, 2.05) is 0 Å². The molecule has 1 atom stereocenters. The Labute approximate surface area is 182 Å². The van der Waals surface area contributed by atoms with Crippen molar-refractivity contribution in [3.8, 4) is 5.75 Å². The Bertz CT molecular complexity index is 890. The summed E-state index contributed by atoms with van der Waals surface area (Å²) in [5.41, 5.74) is -0.162. The molecule has 0 saturated heterocycles. The Morgan fingerprint density at radius 3 is 2.47 bits per heavy atom. The van der Waals surface area contributed by atoms with Crippen molar-refractivity contribution in [2.75, 3.05) is 13.2 Å². The topological polar surface area (TPSA) is 79.5 Å². The van der Waals surface area contributed by atoms with Gasteiger partial charge in [-0.1, -0.05) is 29.3 Å². The normalized spacial score (nSPS) is 29.4. The predicted octanol–water partition coefficient (Wildman–Crippen LogP) is 2.83. The van der Waals surface area contributed by atoms with E-state index in [2.05, 4.69) is 16.0 Å². The summed E-state index contributed by atoms with van der Waals surface area (Å²) in [6.45, 7) is -0.0201. The fourth-order valence-electron chi connectivity index (χ4n) is 4.45. The lowest BCUT2D eigenvalue weighted by Crippen LogP contribution is -2.84. The quantitative estimate of drug-likeness (QED) is 0.585. The van der Waals surface area contributed by atoms with Gasteiger partial charge in [-0.2, -0.15) is 0 Å². The Hall–Kier alpha value is -1.90. The fourth-order valence-corrected chi connectivity index (χ4v) is 4.74. The number of carbonyl (C=O) groups excluding carboxylic acids is 2. The molecule has 0 aromatic heterocycles. The Kier molecular flexibility index (Phi) is 5.67. The van der Waals surface area contributed by atoms with Crippen LogP contribution in [-0.4, -0.2) is 48.5 Å². The summed E-state index contributed by atoms with van der Waals surface area (Å²) >= 11 is 11.8. The number of benzene rings is 1. The van der Waals surface area contributed by atoms with E-state index in [4.69, 9.17) is 27.9 Å². The van der Waals surface area contributed by atoms with Crippen LogP contribution in [0.2, 0.25) is 10.0 Å². The highest BCUT2D eigenvalue weighted by molar-refractivity contribution is 6.42. The number of hydrogen-bond donors (Lipinski definition) is 3. The van der Waals surface area contributed by atoms with E-state index >= 15 is 0 Å². The van der Waals surface area contributed by atoms with E-state index in [9.17, 15) is 18.4 Å². The first-order chi connectivity index (χ1) is 14.2. The summed E-state index contributed by atoms with van der Waals surface area (Å²) in [6, 6.07) is 3.86. The first kappa shape index (κ1) is 21.3. The van der Waals surface area contributed by atoms with E-state index in [1.165, 1.54) is 0 Å². The third-order valence-electron chi connectivity index (χ3n) is 5.84. The Morgan fingerprint density at radius 1 is 1.17 bits per heavy atom. The minimum atomic E-state index is -2.45. The molecule has 3 fully saturated rings. The second-order valence-electron chi connectivity index (χ2n) is 8.24. The first-order valence-electron chi connectivity index (χ1n) is 9.61. The fraction of sp³-hybridized carbons (Fsp3) is 0.500. The number of alkyl halides is 2. The molecule has 2 amide bonds. The lowest BCUT2D eigenvalue weighted by molar-refractivity contribution is -0.149. The molecule has 4 aliphatic rings. The average molecular weight is 460 g/mol. The summed E-state index contributed by atoms with van der Waals surface area (Å²) in [7, 11) is 0. The maximum absolute atomic E-state index is 12.7. The second kappa shape index (κ2) is 7.98. The van der Waals surface area contributed by atoms with Gasteiger partial charge in [0.05, 0.1) is 16.1 Å². The SMILES string of the molecule is O=C(COc1ccc(Cl)c(Cl)c1)NC12CC(NC(=O)C3=CCC(C(F)F)NC3)(C1)C2. The van der Waals surface area contributed by atoms with Crippen LogP contribution in [0.4, 0.5) is 8.78 Å². The molecule has 10 heteroatoms. The lowest BCUT2D eigenvalue weighted by Gasteiger charge is -2.70. The summed E-state index contributed by atoms with van der Waals surface area (Å²) in [5.74, 6) is -0.0416. The monoisotopic (exact) mass is 459 g/mol. The minimum Gasteiger partial charge on any atom is -0.484 e. The highest BCUT2D eigenvalue weighted by Crippen LogP contribution is 2.60. The summed E-state index contributed by atoms with van der Waals surface area (Å²) in [6.07, 6.45) is 1.19. The number of nitrogens with one attached hydrogen (secondary N) is 3. The molecule has 5 rings (SSSR count). The molecule has 30 heavy (non-hydrogen) atoms. The molecule has 3 aliphatic carbocycles. The molecule has 1 aliphatic heterocycles. The molecule has 6 nitrogen and oxygen atoms in total. The van der Waals surface area contributed by atoms with Crippen LogP contribution in [0.1, 0.15) is 25.7 Å². The Balaban J connectivity index is 1.20.